The molecule has 3 fully saturated rings. The van der Waals surface area contributed by atoms with Crippen LogP contribution in [0.5, 0.6) is 0 Å². The summed E-state index contributed by atoms with van der Waals surface area (Å²) in [5.41, 5.74) is 1.90. The van der Waals surface area contributed by atoms with Gasteiger partial charge in [0.2, 0.25) is 0 Å². The summed E-state index contributed by atoms with van der Waals surface area (Å²) in [6.45, 7) is 7.35. The standard InChI is InChI=1S/C26H35N3O4/c1-4-29-18-10-14-5-6-15-17(7-8-25(2)20(31)11-19(30)21(15)25)26(14,3)12-13(18)9-16-22(29)27-24(33)28-23(16)32/h9,14-15,17,19-21,30-31H,4-8,10-12H2,1-3H3,(H,28,32,33)/t14-,15+,17-,19+,20-,21+,25+,26-/m0/s1. The van der Waals surface area contributed by atoms with Crippen LogP contribution in [0.25, 0.3) is 11.4 Å². The van der Waals surface area contributed by atoms with E-state index in [9.17, 15) is 19.8 Å². The zero-order valence-corrected chi connectivity index (χ0v) is 19.8. The van der Waals surface area contributed by atoms with E-state index in [0.29, 0.717) is 42.1 Å². The zero-order chi connectivity index (χ0) is 23.3. The first-order valence-corrected chi connectivity index (χ1v) is 12.7. The summed E-state index contributed by atoms with van der Waals surface area (Å²) in [6.07, 6.45) is 5.81. The van der Waals surface area contributed by atoms with Crippen LogP contribution >= 0.6 is 0 Å². The van der Waals surface area contributed by atoms with Gasteiger partial charge < -0.3 is 14.8 Å². The van der Waals surface area contributed by atoms with Crippen LogP contribution in [0.4, 0.5) is 0 Å². The first-order valence-electron chi connectivity index (χ1n) is 12.7. The molecule has 0 radical (unpaired) electrons. The summed E-state index contributed by atoms with van der Waals surface area (Å²) in [7, 11) is 0. The molecule has 6 aliphatic rings. The van der Waals surface area contributed by atoms with E-state index in [1.165, 1.54) is 11.3 Å². The van der Waals surface area contributed by atoms with Gasteiger partial charge in [0.05, 0.1) is 17.8 Å². The molecule has 0 bridgehead atoms. The Bertz CT molecular complexity index is 1200. The Morgan fingerprint density at radius 1 is 1.18 bits per heavy atom. The van der Waals surface area contributed by atoms with Crippen molar-refractivity contribution in [3.8, 4) is 11.4 Å². The average Bonchev–Trinajstić information content (AvgIpc) is 2.99. The highest BCUT2D eigenvalue weighted by Gasteiger charge is 2.62. The van der Waals surface area contributed by atoms with E-state index in [4.69, 9.17) is 0 Å². The molecule has 0 unspecified atom stereocenters. The Morgan fingerprint density at radius 2 is 1.97 bits per heavy atom. The third-order valence-electron chi connectivity index (χ3n) is 10.5. The van der Waals surface area contributed by atoms with Crippen molar-refractivity contribution in [2.75, 3.05) is 0 Å². The Hall–Kier alpha value is -1.99. The van der Waals surface area contributed by atoms with Gasteiger partial charge in [0.1, 0.15) is 0 Å². The lowest BCUT2D eigenvalue weighted by atomic mass is 9.45. The summed E-state index contributed by atoms with van der Waals surface area (Å²) in [5, 5.41) is 21.7. The number of pyridine rings is 1. The third-order valence-corrected chi connectivity index (χ3v) is 10.5. The zero-order valence-electron chi connectivity index (χ0n) is 19.8. The summed E-state index contributed by atoms with van der Waals surface area (Å²) >= 11 is 0. The van der Waals surface area contributed by atoms with Crippen LogP contribution in [-0.4, -0.2) is 37.0 Å². The van der Waals surface area contributed by atoms with Crippen molar-refractivity contribution in [1.29, 1.82) is 0 Å². The number of nitrogens with one attached hydrogen (secondary N) is 1. The highest BCUT2D eigenvalue weighted by Crippen LogP contribution is 2.65. The molecular weight excluding hydrogens is 418 g/mol. The molecule has 8 atom stereocenters. The number of rotatable bonds is 1. The Balaban J connectivity index is 1.45. The molecule has 2 heterocycles. The molecular formula is C26H35N3O4. The van der Waals surface area contributed by atoms with Gasteiger partial charge in [-0.3, -0.25) is 9.78 Å². The fourth-order valence-corrected chi connectivity index (χ4v) is 8.90. The lowest BCUT2D eigenvalue weighted by Crippen LogP contribution is -2.56. The second-order valence-corrected chi connectivity index (χ2v) is 11.8. The number of H-pyrrole nitrogens is 1. The largest absolute Gasteiger partial charge is 0.393 e. The van der Waals surface area contributed by atoms with Gasteiger partial charge in [0.15, 0.2) is 5.82 Å². The third kappa shape index (κ3) is 2.78. The molecule has 7 nitrogen and oxygen atoms in total. The molecule has 4 aliphatic carbocycles. The van der Waals surface area contributed by atoms with Gasteiger partial charge in [0.25, 0.3) is 5.56 Å². The molecule has 178 valence electrons. The van der Waals surface area contributed by atoms with Gasteiger partial charge in [-0.05, 0) is 91.6 Å². The van der Waals surface area contributed by atoms with E-state index < -0.39 is 17.9 Å². The van der Waals surface area contributed by atoms with Crippen molar-refractivity contribution in [3.63, 3.8) is 0 Å². The number of aromatic amines is 1. The Labute approximate surface area is 193 Å². The molecule has 0 aromatic rings. The number of nitrogens with zero attached hydrogens (tertiary/aromatic N) is 2. The molecule has 6 rings (SSSR count). The molecule has 0 saturated heterocycles. The van der Waals surface area contributed by atoms with Crippen molar-refractivity contribution in [1.82, 2.24) is 14.5 Å². The smallest absolute Gasteiger partial charge is 0.349 e. The Kier molecular flexibility index (Phi) is 4.58. The predicted octanol–water partition coefficient (Wildman–Crippen LogP) is 2.35. The van der Waals surface area contributed by atoms with Crippen molar-refractivity contribution in [3.05, 3.63) is 38.2 Å². The number of aliphatic hydroxyl groups excluding tert-OH is 2. The van der Waals surface area contributed by atoms with E-state index in [2.05, 4.69) is 28.4 Å². The van der Waals surface area contributed by atoms with Crippen LogP contribution < -0.4 is 11.2 Å². The fourth-order valence-electron chi connectivity index (χ4n) is 8.90. The van der Waals surface area contributed by atoms with Crippen LogP contribution in [0, 0.1) is 34.5 Å². The van der Waals surface area contributed by atoms with Gasteiger partial charge >= 0.3 is 5.69 Å². The molecule has 0 amide bonds. The van der Waals surface area contributed by atoms with Crippen LogP contribution in [0.2, 0.25) is 0 Å². The number of fused-ring (bicyclic) bond motifs is 7. The number of aromatic nitrogens is 3. The van der Waals surface area contributed by atoms with Crippen LogP contribution in [0.15, 0.2) is 15.7 Å². The maximum absolute atomic E-state index is 12.6. The molecule has 2 aliphatic heterocycles. The predicted molar refractivity (Wildman–Crippen MR) is 124 cm³/mol. The molecule has 3 N–H and O–H groups in total. The second-order valence-electron chi connectivity index (χ2n) is 11.8. The molecule has 33 heavy (non-hydrogen) atoms. The number of hydrogen-bond acceptors (Lipinski definition) is 5. The maximum Gasteiger partial charge on any atom is 0.349 e. The van der Waals surface area contributed by atoms with E-state index in [-0.39, 0.29) is 22.3 Å². The molecule has 0 aromatic carbocycles. The average molecular weight is 454 g/mol. The van der Waals surface area contributed by atoms with Gasteiger partial charge in [-0.25, -0.2) is 4.79 Å². The molecule has 7 heteroatoms. The highest BCUT2D eigenvalue weighted by molar-refractivity contribution is 5.58. The molecule has 0 spiro atoms. The highest BCUT2D eigenvalue weighted by atomic mass is 16.3. The first kappa shape index (κ1) is 21.5. The van der Waals surface area contributed by atoms with Crippen LogP contribution in [-0.2, 0) is 19.4 Å². The lowest BCUT2D eigenvalue weighted by molar-refractivity contribution is -0.127. The minimum absolute atomic E-state index is 0.0996. The van der Waals surface area contributed by atoms with Gasteiger partial charge in [-0.15, -0.1) is 0 Å². The van der Waals surface area contributed by atoms with Crippen LogP contribution in [0.1, 0.15) is 64.1 Å². The molecule has 3 saturated carbocycles. The second kappa shape index (κ2) is 7.01. The van der Waals surface area contributed by atoms with Gasteiger partial charge in [0, 0.05) is 18.7 Å². The van der Waals surface area contributed by atoms with E-state index in [0.717, 1.165) is 38.5 Å². The van der Waals surface area contributed by atoms with E-state index >= 15 is 0 Å². The summed E-state index contributed by atoms with van der Waals surface area (Å²) < 4.78 is 2.09. The topological polar surface area (TPSA) is 108 Å². The SMILES string of the molecule is CCn1c2nc(=O)[nH]c(=O)c-2cc2c1C[C@@H]1CC[C@H]3[C@@H]4[C@H](O)C[C@H](O)[C@@]4(C)CC[C@@H]3[C@@]1(C)C2. The first-order chi connectivity index (χ1) is 15.7. The number of hydrogen-bond donors (Lipinski definition) is 3. The Morgan fingerprint density at radius 3 is 2.73 bits per heavy atom. The van der Waals surface area contributed by atoms with Gasteiger partial charge in [-0.1, -0.05) is 13.8 Å². The summed E-state index contributed by atoms with van der Waals surface area (Å²) in [5.74, 6) is 2.14. The van der Waals surface area contributed by atoms with Crippen molar-refractivity contribution in [2.24, 2.45) is 34.5 Å². The van der Waals surface area contributed by atoms with Crippen molar-refractivity contribution in [2.45, 2.75) is 84.5 Å². The maximum atomic E-state index is 12.6. The van der Waals surface area contributed by atoms with Crippen LogP contribution in [0.3, 0.4) is 0 Å². The van der Waals surface area contributed by atoms with Gasteiger partial charge in [-0.2, -0.15) is 4.98 Å². The van der Waals surface area contributed by atoms with E-state index in [1.807, 2.05) is 13.0 Å². The summed E-state index contributed by atoms with van der Waals surface area (Å²) in [4.78, 5) is 31.0. The molecule has 0 aromatic heterocycles. The van der Waals surface area contributed by atoms with E-state index in [1.54, 1.807) is 0 Å². The minimum atomic E-state index is -0.585. The minimum Gasteiger partial charge on any atom is -0.393 e. The summed E-state index contributed by atoms with van der Waals surface area (Å²) in [6, 6.07) is 1.98. The normalized spacial score (nSPS) is 41.8. The lowest BCUT2D eigenvalue weighted by Gasteiger charge is -2.60. The van der Waals surface area contributed by atoms with Crippen molar-refractivity contribution >= 4 is 0 Å². The monoisotopic (exact) mass is 453 g/mol. The quantitative estimate of drug-likeness (QED) is 0.614. The number of aliphatic hydroxyl groups is 2. The van der Waals surface area contributed by atoms with Crippen molar-refractivity contribution < 1.29 is 10.2 Å². The fraction of sp³-hybridized carbons (Fsp3) is 0.731.